The maximum Gasteiger partial charge on any atom is 0.232 e. The summed E-state index contributed by atoms with van der Waals surface area (Å²) in [5.74, 6) is 0.639. The molecule has 0 aliphatic carbocycles. The van der Waals surface area contributed by atoms with Gasteiger partial charge in [0.25, 0.3) is 0 Å². The summed E-state index contributed by atoms with van der Waals surface area (Å²) in [5, 5.41) is 0. The molecule has 2 heterocycles. The molecule has 1 fully saturated rings. The number of hydrogen-bond acceptors (Lipinski definition) is 5. The summed E-state index contributed by atoms with van der Waals surface area (Å²) in [4.78, 5) is 13.7. The molecule has 1 aliphatic rings. The van der Waals surface area contributed by atoms with Crippen LogP contribution in [0, 0.1) is 20.8 Å². The Labute approximate surface area is 157 Å². The number of piperazine rings is 1. The Kier molecular flexibility index (Phi) is 6.45. The van der Waals surface area contributed by atoms with Crippen molar-refractivity contribution in [2.24, 2.45) is 0 Å². The number of benzene rings is 1. The number of nitrogens with zero attached hydrogens (tertiary/aromatic N) is 4. The minimum atomic E-state index is 0.639. The Morgan fingerprint density at radius 1 is 1.00 bits per heavy atom. The SMILES string of the molecule is Cc1cccc(N2CCN(CCCCOc3cnc(C)c(C)n3)CC2)c1. The Morgan fingerprint density at radius 3 is 2.54 bits per heavy atom. The minimum Gasteiger partial charge on any atom is -0.477 e. The molecule has 2 aromatic rings. The van der Waals surface area contributed by atoms with Crippen LogP contribution >= 0.6 is 0 Å². The van der Waals surface area contributed by atoms with Crippen LogP contribution in [-0.2, 0) is 0 Å². The average Bonchev–Trinajstić information content (AvgIpc) is 2.65. The van der Waals surface area contributed by atoms with Gasteiger partial charge in [0.15, 0.2) is 0 Å². The Morgan fingerprint density at radius 2 is 1.81 bits per heavy atom. The van der Waals surface area contributed by atoms with E-state index in [1.54, 1.807) is 6.20 Å². The predicted octanol–water partition coefficient (Wildman–Crippen LogP) is 3.38. The highest BCUT2D eigenvalue weighted by molar-refractivity contribution is 5.48. The topological polar surface area (TPSA) is 41.5 Å². The second kappa shape index (κ2) is 8.99. The predicted molar refractivity (Wildman–Crippen MR) is 106 cm³/mol. The number of hydrogen-bond donors (Lipinski definition) is 0. The molecule has 140 valence electrons. The summed E-state index contributed by atoms with van der Waals surface area (Å²) >= 11 is 0. The average molecular weight is 354 g/mol. The standard InChI is InChI=1S/C21H30N4O/c1-17-7-6-8-20(15-17)25-12-10-24(11-13-25)9-4-5-14-26-21-16-22-18(2)19(3)23-21/h6-8,15-16H,4-5,9-14H2,1-3H3. The molecule has 0 saturated carbocycles. The molecular formula is C21H30N4O. The molecule has 0 radical (unpaired) electrons. The van der Waals surface area contributed by atoms with Crippen LogP contribution in [-0.4, -0.2) is 54.2 Å². The molecule has 26 heavy (non-hydrogen) atoms. The molecule has 1 saturated heterocycles. The van der Waals surface area contributed by atoms with Crippen LogP contribution < -0.4 is 9.64 Å². The summed E-state index contributed by atoms with van der Waals surface area (Å²) in [6.07, 6.45) is 3.92. The van der Waals surface area contributed by atoms with Gasteiger partial charge in [-0.3, -0.25) is 9.88 Å². The van der Waals surface area contributed by atoms with Gasteiger partial charge in [0.2, 0.25) is 5.88 Å². The lowest BCUT2D eigenvalue weighted by atomic mass is 10.2. The van der Waals surface area contributed by atoms with Gasteiger partial charge in [-0.2, -0.15) is 0 Å². The van der Waals surface area contributed by atoms with Gasteiger partial charge in [-0.1, -0.05) is 12.1 Å². The van der Waals surface area contributed by atoms with Gasteiger partial charge in [0.05, 0.1) is 24.2 Å². The van der Waals surface area contributed by atoms with Crippen LogP contribution in [0.2, 0.25) is 0 Å². The molecule has 3 rings (SSSR count). The van der Waals surface area contributed by atoms with Crippen molar-refractivity contribution in [2.75, 3.05) is 44.2 Å². The third-order valence-electron chi connectivity index (χ3n) is 5.03. The largest absolute Gasteiger partial charge is 0.477 e. The first kappa shape index (κ1) is 18.6. The first-order valence-electron chi connectivity index (χ1n) is 9.59. The molecule has 5 heteroatoms. The number of aromatic nitrogens is 2. The monoisotopic (exact) mass is 354 g/mol. The van der Waals surface area contributed by atoms with Crippen molar-refractivity contribution in [3.05, 3.63) is 47.4 Å². The molecule has 0 bridgehead atoms. The fourth-order valence-electron chi connectivity index (χ4n) is 3.26. The molecule has 1 aromatic carbocycles. The Balaban J connectivity index is 1.32. The number of unbranched alkanes of at least 4 members (excludes halogenated alkanes) is 1. The van der Waals surface area contributed by atoms with Gasteiger partial charge >= 0.3 is 0 Å². The van der Waals surface area contributed by atoms with E-state index in [1.165, 1.54) is 11.3 Å². The maximum atomic E-state index is 5.72. The van der Waals surface area contributed by atoms with Crippen molar-refractivity contribution >= 4 is 5.69 Å². The van der Waals surface area contributed by atoms with Gasteiger partial charge in [-0.25, -0.2) is 4.98 Å². The quantitative estimate of drug-likeness (QED) is 0.713. The third kappa shape index (κ3) is 5.18. The number of ether oxygens (including phenoxy) is 1. The molecule has 5 nitrogen and oxygen atoms in total. The van der Waals surface area contributed by atoms with Crippen molar-refractivity contribution in [2.45, 2.75) is 33.6 Å². The highest BCUT2D eigenvalue weighted by Crippen LogP contribution is 2.18. The molecule has 0 atom stereocenters. The number of anilines is 1. The summed E-state index contributed by atoms with van der Waals surface area (Å²) in [6, 6.07) is 8.81. The zero-order valence-corrected chi connectivity index (χ0v) is 16.2. The normalized spacial score (nSPS) is 15.3. The minimum absolute atomic E-state index is 0.639. The van der Waals surface area contributed by atoms with Gasteiger partial charge in [-0.15, -0.1) is 0 Å². The maximum absolute atomic E-state index is 5.72. The Bertz CT molecular complexity index is 711. The second-order valence-corrected chi connectivity index (χ2v) is 7.10. The lowest BCUT2D eigenvalue weighted by molar-refractivity contribution is 0.236. The highest BCUT2D eigenvalue weighted by Gasteiger charge is 2.16. The van der Waals surface area contributed by atoms with Crippen molar-refractivity contribution in [1.29, 1.82) is 0 Å². The molecule has 0 amide bonds. The van der Waals surface area contributed by atoms with Crippen LogP contribution in [0.25, 0.3) is 0 Å². The van der Waals surface area contributed by atoms with E-state index in [4.69, 9.17) is 4.74 Å². The van der Waals surface area contributed by atoms with E-state index < -0.39 is 0 Å². The first-order valence-corrected chi connectivity index (χ1v) is 9.59. The van der Waals surface area contributed by atoms with Gasteiger partial charge in [-0.05, 0) is 57.9 Å². The van der Waals surface area contributed by atoms with E-state index in [2.05, 4.69) is 51.0 Å². The molecule has 0 spiro atoms. The van der Waals surface area contributed by atoms with Crippen molar-refractivity contribution in [3.8, 4) is 5.88 Å². The van der Waals surface area contributed by atoms with Crippen LogP contribution in [0.5, 0.6) is 5.88 Å². The first-order chi connectivity index (χ1) is 12.6. The molecule has 0 unspecified atom stereocenters. The fourth-order valence-corrected chi connectivity index (χ4v) is 3.26. The van der Waals surface area contributed by atoms with Crippen LogP contribution in [0.3, 0.4) is 0 Å². The molecule has 0 N–H and O–H groups in total. The van der Waals surface area contributed by atoms with Gasteiger partial charge in [0.1, 0.15) is 0 Å². The second-order valence-electron chi connectivity index (χ2n) is 7.10. The van der Waals surface area contributed by atoms with Gasteiger partial charge in [0, 0.05) is 31.9 Å². The van der Waals surface area contributed by atoms with E-state index in [0.29, 0.717) is 12.5 Å². The number of aryl methyl sites for hydroxylation is 3. The van der Waals surface area contributed by atoms with Crippen molar-refractivity contribution in [3.63, 3.8) is 0 Å². The van der Waals surface area contributed by atoms with Crippen LogP contribution in [0.1, 0.15) is 29.8 Å². The van der Waals surface area contributed by atoms with Crippen molar-refractivity contribution < 1.29 is 4.74 Å². The van der Waals surface area contributed by atoms with Crippen LogP contribution in [0.15, 0.2) is 30.5 Å². The smallest absolute Gasteiger partial charge is 0.232 e. The van der Waals surface area contributed by atoms with E-state index >= 15 is 0 Å². The van der Waals surface area contributed by atoms with E-state index in [0.717, 1.165) is 57.0 Å². The lowest BCUT2D eigenvalue weighted by Crippen LogP contribution is -2.46. The summed E-state index contributed by atoms with van der Waals surface area (Å²) < 4.78 is 5.72. The van der Waals surface area contributed by atoms with Crippen LogP contribution in [0.4, 0.5) is 5.69 Å². The molecule has 1 aromatic heterocycles. The molecular weight excluding hydrogens is 324 g/mol. The number of rotatable bonds is 7. The summed E-state index contributed by atoms with van der Waals surface area (Å²) in [5.41, 5.74) is 4.59. The Hall–Kier alpha value is -2.14. The van der Waals surface area contributed by atoms with Gasteiger partial charge < -0.3 is 9.64 Å². The fraction of sp³-hybridized carbons (Fsp3) is 0.524. The highest BCUT2D eigenvalue weighted by atomic mass is 16.5. The zero-order valence-electron chi connectivity index (χ0n) is 16.2. The molecule has 1 aliphatic heterocycles. The van der Waals surface area contributed by atoms with E-state index in [1.807, 2.05) is 13.8 Å². The third-order valence-corrected chi connectivity index (χ3v) is 5.03. The summed E-state index contributed by atoms with van der Waals surface area (Å²) in [6.45, 7) is 12.4. The van der Waals surface area contributed by atoms with E-state index in [-0.39, 0.29) is 0 Å². The van der Waals surface area contributed by atoms with Crippen molar-refractivity contribution in [1.82, 2.24) is 14.9 Å². The van der Waals surface area contributed by atoms with E-state index in [9.17, 15) is 0 Å². The lowest BCUT2D eigenvalue weighted by Gasteiger charge is -2.36. The zero-order chi connectivity index (χ0) is 18.4. The summed E-state index contributed by atoms with van der Waals surface area (Å²) in [7, 11) is 0.